The van der Waals surface area contributed by atoms with Crippen LogP contribution in [0.2, 0.25) is 0 Å². The van der Waals surface area contributed by atoms with Gasteiger partial charge in [0.2, 0.25) is 0 Å². The summed E-state index contributed by atoms with van der Waals surface area (Å²) in [6, 6.07) is 0.633. The van der Waals surface area contributed by atoms with Crippen LogP contribution >= 0.6 is 11.8 Å². The Balaban J connectivity index is 1.54. The maximum Gasteiger partial charge on any atom is 0.144 e. The van der Waals surface area contributed by atoms with E-state index in [1.165, 1.54) is 43.0 Å². The van der Waals surface area contributed by atoms with Crippen molar-refractivity contribution in [3.8, 4) is 0 Å². The SMILES string of the molecule is CSC1=C2C=CN([C@@H]3C[C@H]4CCN(C4)C3)C=C2OC1. The molecule has 3 atom stereocenters. The number of thioether (sulfide) groups is 1. The van der Waals surface area contributed by atoms with Gasteiger partial charge >= 0.3 is 0 Å². The van der Waals surface area contributed by atoms with Crippen molar-refractivity contribution in [3.05, 3.63) is 34.7 Å². The van der Waals surface area contributed by atoms with Gasteiger partial charge in [-0.05, 0) is 37.6 Å². The third-order valence-corrected chi connectivity index (χ3v) is 5.55. The van der Waals surface area contributed by atoms with Crippen molar-refractivity contribution < 1.29 is 4.74 Å². The summed E-state index contributed by atoms with van der Waals surface area (Å²) in [4.78, 5) is 6.35. The molecule has 0 radical (unpaired) electrons. The van der Waals surface area contributed by atoms with Crippen LogP contribution in [0, 0.1) is 5.92 Å². The number of allylic oxidation sites excluding steroid dienone is 1. The molecule has 4 rings (SSSR count). The Labute approximate surface area is 119 Å². The molecule has 2 bridgehead atoms. The van der Waals surface area contributed by atoms with Gasteiger partial charge in [0.1, 0.15) is 12.4 Å². The minimum absolute atomic E-state index is 0.633. The van der Waals surface area contributed by atoms with Crippen molar-refractivity contribution >= 4 is 11.8 Å². The smallest absolute Gasteiger partial charge is 0.144 e. The molecule has 1 unspecified atom stereocenters. The second-order valence-electron chi connectivity index (χ2n) is 5.89. The first-order chi connectivity index (χ1) is 9.33. The molecule has 4 heteroatoms. The molecular weight excluding hydrogens is 256 g/mol. The second kappa shape index (κ2) is 4.60. The lowest BCUT2D eigenvalue weighted by Crippen LogP contribution is -2.43. The number of nitrogens with zero attached hydrogens (tertiary/aromatic N) is 2. The number of hydrogen-bond acceptors (Lipinski definition) is 4. The van der Waals surface area contributed by atoms with Gasteiger partial charge in [0.05, 0.1) is 0 Å². The van der Waals surface area contributed by atoms with Crippen molar-refractivity contribution in [2.45, 2.75) is 18.9 Å². The van der Waals surface area contributed by atoms with Crippen LogP contribution in [-0.2, 0) is 4.74 Å². The predicted molar refractivity (Wildman–Crippen MR) is 78.5 cm³/mol. The minimum atomic E-state index is 0.633. The molecule has 0 amide bonds. The summed E-state index contributed by atoms with van der Waals surface area (Å²) < 4.78 is 5.81. The van der Waals surface area contributed by atoms with E-state index in [2.05, 4.69) is 34.5 Å². The Morgan fingerprint density at radius 3 is 3.16 bits per heavy atom. The number of piperidine rings is 1. The maximum atomic E-state index is 5.81. The number of hydrogen-bond donors (Lipinski definition) is 0. The lowest BCUT2D eigenvalue weighted by Gasteiger charge is -2.37. The molecule has 2 fully saturated rings. The van der Waals surface area contributed by atoms with Gasteiger partial charge in [0.15, 0.2) is 0 Å². The van der Waals surface area contributed by atoms with Crippen LogP contribution in [0.4, 0.5) is 0 Å². The topological polar surface area (TPSA) is 15.7 Å². The van der Waals surface area contributed by atoms with Crippen molar-refractivity contribution in [2.24, 2.45) is 5.92 Å². The number of ether oxygens (including phenoxy) is 1. The van der Waals surface area contributed by atoms with Gasteiger partial charge in [0.25, 0.3) is 0 Å². The standard InChI is InChI=1S/C15H20N2OS/c1-19-15-10-18-14-9-17(5-3-13(14)15)12-6-11-2-4-16(7-11)8-12/h3,5,9,11-12H,2,4,6-8,10H2,1H3/t11-,12-/m1/s1. The average molecular weight is 276 g/mol. The molecule has 4 aliphatic heterocycles. The van der Waals surface area contributed by atoms with Crippen LogP contribution in [0.1, 0.15) is 12.8 Å². The largest absolute Gasteiger partial charge is 0.486 e. The quantitative estimate of drug-likeness (QED) is 0.769. The van der Waals surface area contributed by atoms with Gasteiger partial charge in [-0.2, -0.15) is 0 Å². The van der Waals surface area contributed by atoms with Crippen molar-refractivity contribution in [3.63, 3.8) is 0 Å². The van der Waals surface area contributed by atoms with E-state index in [-0.39, 0.29) is 0 Å². The summed E-state index contributed by atoms with van der Waals surface area (Å²) >= 11 is 1.80. The zero-order chi connectivity index (χ0) is 12.8. The fourth-order valence-electron chi connectivity index (χ4n) is 3.70. The van der Waals surface area contributed by atoms with E-state index in [0.717, 1.165) is 18.3 Å². The average Bonchev–Trinajstić information content (AvgIpc) is 3.01. The van der Waals surface area contributed by atoms with Crippen molar-refractivity contribution in [1.82, 2.24) is 9.80 Å². The second-order valence-corrected chi connectivity index (χ2v) is 6.79. The van der Waals surface area contributed by atoms with E-state index in [9.17, 15) is 0 Å². The Bertz CT molecular complexity index is 471. The molecule has 0 saturated carbocycles. The highest BCUT2D eigenvalue weighted by Crippen LogP contribution is 2.36. The summed E-state index contributed by atoms with van der Waals surface area (Å²) in [5.74, 6) is 1.98. The number of fused-ring (bicyclic) bond motifs is 3. The highest BCUT2D eigenvalue weighted by Gasteiger charge is 2.35. The van der Waals surface area contributed by atoms with Crippen LogP contribution in [0.3, 0.4) is 0 Å². The summed E-state index contributed by atoms with van der Waals surface area (Å²) in [6.45, 7) is 4.58. The van der Waals surface area contributed by atoms with Crippen LogP contribution in [0.5, 0.6) is 0 Å². The van der Waals surface area contributed by atoms with E-state index in [4.69, 9.17) is 4.74 Å². The van der Waals surface area contributed by atoms with Gasteiger partial charge in [-0.25, -0.2) is 0 Å². The normalized spacial score (nSPS) is 36.4. The van der Waals surface area contributed by atoms with E-state index in [1.807, 2.05) is 0 Å². The highest BCUT2D eigenvalue weighted by atomic mass is 32.2. The zero-order valence-electron chi connectivity index (χ0n) is 11.3. The van der Waals surface area contributed by atoms with Gasteiger partial charge in [-0.3, -0.25) is 0 Å². The summed E-state index contributed by atoms with van der Waals surface area (Å²) in [6.07, 6.45) is 11.6. The van der Waals surface area contributed by atoms with Crippen LogP contribution in [0.15, 0.2) is 34.7 Å². The predicted octanol–water partition coefficient (Wildman–Crippen LogP) is 2.40. The van der Waals surface area contributed by atoms with E-state index >= 15 is 0 Å². The van der Waals surface area contributed by atoms with Crippen LogP contribution < -0.4 is 0 Å². The summed E-state index contributed by atoms with van der Waals surface area (Å²) in [7, 11) is 0. The monoisotopic (exact) mass is 276 g/mol. The van der Waals surface area contributed by atoms with E-state index < -0.39 is 0 Å². The Hall–Kier alpha value is -0.870. The van der Waals surface area contributed by atoms with Gasteiger partial charge in [0, 0.05) is 42.0 Å². The molecule has 0 spiro atoms. The van der Waals surface area contributed by atoms with E-state index in [0.29, 0.717) is 6.04 Å². The highest BCUT2D eigenvalue weighted by molar-refractivity contribution is 8.02. The van der Waals surface area contributed by atoms with Gasteiger partial charge in [-0.1, -0.05) is 0 Å². The lowest BCUT2D eigenvalue weighted by molar-refractivity contribution is 0.167. The van der Waals surface area contributed by atoms with Gasteiger partial charge < -0.3 is 14.5 Å². The summed E-state index contributed by atoms with van der Waals surface area (Å²) in [5.41, 5.74) is 1.29. The Morgan fingerprint density at radius 1 is 1.37 bits per heavy atom. The van der Waals surface area contributed by atoms with Crippen molar-refractivity contribution in [2.75, 3.05) is 32.5 Å². The molecule has 0 aromatic heterocycles. The molecule has 0 aromatic rings. The first kappa shape index (κ1) is 11.9. The lowest BCUT2D eigenvalue weighted by atomic mass is 9.95. The maximum absolute atomic E-state index is 5.81. The number of rotatable bonds is 2. The first-order valence-electron chi connectivity index (χ1n) is 7.13. The molecule has 0 N–H and O–H groups in total. The van der Waals surface area contributed by atoms with Gasteiger partial charge in [-0.15, -0.1) is 11.8 Å². The van der Waals surface area contributed by atoms with E-state index in [1.54, 1.807) is 11.8 Å². The molecule has 0 aliphatic carbocycles. The molecular formula is C15H20N2OS. The fraction of sp³-hybridized carbons (Fsp3) is 0.600. The van der Waals surface area contributed by atoms with Crippen LogP contribution in [0.25, 0.3) is 0 Å². The van der Waals surface area contributed by atoms with Crippen molar-refractivity contribution in [1.29, 1.82) is 0 Å². The first-order valence-corrected chi connectivity index (χ1v) is 8.36. The molecule has 0 aromatic carbocycles. The third kappa shape index (κ3) is 2.01. The van der Waals surface area contributed by atoms with Crippen LogP contribution in [-0.4, -0.2) is 48.3 Å². The summed E-state index contributed by atoms with van der Waals surface area (Å²) in [5, 5.41) is 0. The molecule has 19 heavy (non-hydrogen) atoms. The third-order valence-electron chi connectivity index (χ3n) is 4.72. The molecule has 4 heterocycles. The fourth-order valence-corrected chi connectivity index (χ4v) is 4.26. The Morgan fingerprint density at radius 2 is 2.32 bits per heavy atom. The molecule has 4 aliphatic rings. The molecule has 3 nitrogen and oxygen atoms in total. The Kier molecular flexibility index (Phi) is 2.88. The minimum Gasteiger partial charge on any atom is -0.486 e. The molecule has 2 saturated heterocycles. The molecule has 102 valence electrons. The zero-order valence-corrected chi connectivity index (χ0v) is 12.2.